The van der Waals surface area contributed by atoms with Crippen molar-refractivity contribution in [1.82, 2.24) is 19.6 Å². The van der Waals surface area contributed by atoms with Crippen molar-refractivity contribution in [2.75, 3.05) is 5.32 Å². The van der Waals surface area contributed by atoms with Gasteiger partial charge in [0.15, 0.2) is 5.82 Å². The molecule has 8 heteroatoms. The summed E-state index contributed by atoms with van der Waals surface area (Å²) in [5, 5.41) is 12.3. The van der Waals surface area contributed by atoms with Crippen molar-refractivity contribution in [2.45, 2.75) is 33.9 Å². The maximum absolute atomic E-state index is 13.9. The Morgan fingerprint density at radius 2 is 1.72 bits per heavy atom. The molecule has 6 nitrogen and oxygen atoms in total. The van der Waals surface area contributed by atoms with E-state index < -0.39 is 0 Å². The van der Waals surface area contributed by atoms with E-state index in [-0.39, 0.29) is 11.7 Å². The highest BCUT2D eigenvalue weighted by Crippen LogP contribution is 2.20. The van der Waals surface area contributed by atoms with Crippen LogP contribution in [0.15, 0.2) is 54.6 Å². The topological polar surface area (TPSA) is 64.7 Å². The third-order valence-electron chi connectivity index (χ3n) is 5.34. The largest absolute Gasteiger partial charge is 0.305 e. The molecule has 0 aliphatic carbocycles. The van der Waals surface area contributed by atoms with E-state index in [2.05, 4.69) is 15.5 Å². The lowest BCUT2D eigenvalue weighted by atomic mass is 10.1. The highest BCUT2D eigenvalue weighted by Gasteiger charge is 2.13. The summed E-state index contributed by atoms with van der Waals surface area (Å²) in [6.07, 6.45) is 0. The van der Waals surface area contributed by atoms with Crippen LogP contribution in [0.2, 0.25) is 5.02 Å². The molecule has 0 spiro atoms. The number of hydrogen-bond acceptors (Lipinski definition) is 3. The average Bonchev–Trinajstić information content (AvgIpc) is 3.23. The van der Waals surface area contributed by atoms with Gasteiger partial charge in [0.2, 0.25) is 0 Å². The molecule has 0 unspecified atom stereocenters. The molecule has 0 saturated carbocycles. The maximum atomic E-state index is 13.9. The summed E-state index contributed by atoms with van der Waals surface area (Å²) in [5.74, 6) is -0.123. The zero-order chi connectivity index (χ0) is 22.8. The summed E-state index contributed by atoms with van der Waals surface area (Å²) >= 11 is 6.21. The molecule has 4 rings (SSSR count). The zero-order valence-corrected chi connectivity index (χ0v) is 18.8. The van der Waals surface area contributed by atoms with Crippen molar-refractivity contribution < 1.29 is 9.18 Å². The lowest BCUT2D eigenvalue weighted by Crippen LogP contribution is -2.13. The Hall–Kier alpha value is -3.45. The number of carbonyl (C=O) groups excluding carboxylic acids is 1. The molecule has 1 amide bonds. The molecule has 2 aromatic heterocycles. The van der Waals surface area contributed by atoms with Gasteiger partial charge in [0.05, 0.1) is 29.5 Å². The molecule has 164 valence electrons. The molecule has 0 atom stereocenters. The number of hydrogen-bond donors (Lipinski definition) is 1. The second-order valence-electron chi connectivity index (χ2n) is 7.71. The van der Waals surface area contributed by atoms with Gasteiger partial charge in [0.25, 0.3) is 5.91 Å². The first-order valence-electron chi connectivity index (χ1n) is 10.2. The van der Waals surface area contributed by atoms with Crippen LogP contribution in [0.3, 0.4) is 0 Å². The first-order valence-corrected chi connectivity index (χ1v) is 10.6. The molecule has 0 aliphatic heterocycles. The van der Waals surface area contributed by atoms with Crippen LogP contribution < -0.4 is 5.32 Å². The number of aryl methyl sites for hydroxylation is 2. The first kappa shape index (κ1) is 21.8. The zero-order valence-electron chi connectivity index (χ0n) is 18.1. The van der Waals surface area contributed by atoms with Crippen LogP contribution in [0.1, 0.15) is 38.6 Å². The van der Waals surface area contributed by atoms with Gasteiger partial charge in [-0.3, -0.25) is 14.2 Å². The smallest absolute Gasteiger partial charge is 0.256 e. The number of rotatable bonds is 6. The van der Waals surface area contributed by atoms with Gasteiger partial charge in [0, 0.05) is 22.9 Å². The van der Waals surface area contributed by atoms with Gasteiger partial charge in [0.1, 0.15) is 5.82 Å². The van der Waals surface area contributed by atoms with Crippen LogP contribution in [-0.2, 0) is 13.1 Å². The van der Waals surface area contributed by atoms with Crippen molar-refractivity contribution in [3.63, 3.8) is 0 Å². The number of benzene rings is 2. The molecule has 0 fully saturated rings. The summed E-state index contributed by atoms with van der Waals surface area (Å²) in [6, 6.07) is 15.6. The van der Waals surface area contributed by atoms with Crippen molar-refractivity contribution in [3.8, 4) is 0 Å². The Balaban J connectivity index is 1.43. The fraction of sp³-hybridized carbons (Fsp3) is 0.208. The monoisotopic (exact) mass is 451 g/mol. The summed E-state index contributed by atoms with van der Waals surface area (Å²) in [4.78, 5) is 12.7. The van der Waals surface area contributed by atoms with Crippen molar-refractivity contribution >= 4 is 23.3 Å². The number of nitrogens with one attached hydrogen (secondary N) is 1. The second kappa shape index (κ2) is 8.96. The Morgan fingerprint density at radius 3 is 2.38 bits per heavy atom. The molecular formula is C24H23ClFN5O. The van der Waals surface area contributed by atoms with E-state index in [0.29, 0.717) is 35.1 Å². The highest BCUT2D eigenvalue weighted by atomic mass is 35.5. The van der Waals surface area contributed by atoms with Crippen LogP contribution >= 0.6 is 11.6 Å². The van der Waals surface area contributed by atoms with E-state index in [9.17, 15) is 9.18 Å². The Labute approximate surface area is 190 Å². The molecule has 1 N–H and O–H groups in total. The van der Waals surface area contributed by atoms with Gasteiger partial charge in [-0.25, -0.2) is 4.39 Å². The standard InChI is InChI=1S/C24H23ClFN5O/c1-15-12-22(29-30(15)14-20-6-4-5-7-21(20)26)27-24(32)19-10-8-18(9-11-19)13-31-17(3)23(25)16(2)28-31/h4-12H,13-14H2,1-3H3,(H,27,29,32). The van der Waals surface area contributed by atoms with Gasteiger partial charge in [-0.2, -0.15) is 10.2 Å². The minimum Gasteiger partial charge on any atom is -0.305 e. The van der Waals surface area contributed by atoms with Gasteiger partial charge in [-0.05, 0) is 44.5 Å². The van der Waals surface area contributed by atoms with Gasteiger partial charge in [-0.15, -0.1) is 0 Å². The number of carbonyl (C=O) groups is 1. The minimum atomic E-state index is -0.282. The quantitative estimate of drug-likeness (QED) is 0.441. The molecule has 0 saturated heterocycles. The van der Waals surface area contributed by atoms with Gasteiger partial charge in [-0.1, -0.05) is 41.9 Å². The molecule has 0 bridgehead atoms. The summed E-state index contributed by atoms with van der Waals surface area (Å²) in [5.41, 5.74) is 4.59. The van der Waals surface area contributed by atoms with E-state index in [0.717, 1.165) is 22.6 Å². The third-order valence-corrected chi connectivity index (χ3v) is 5.89. The third kappa shape index (κ3) is 4.57. The number of anilines is 1. The summed E-state index contributed by atoms with van der Waals surface area (Å²) < 4.78 is 17.4. The highest BCUT2D eigenvalue weighted by molar-refractivity contribution is 6.31. The lowest BCUT2D eigenvalue weighted by Gasteiger charge is -2.07. The molecule has 2 aromatic carbocycles. The van der Waals surface area contributed by atoms with Crippen LogP contribution in [-0.4, -0.2) is 25.5 Å². The normalized spacial score (nSPS) is 11.0. The number of amides is 1. The second-order valence-corrected chi connectivity index (χ2v) is 8.09. The fourth-order valence-corrected chi connectivity index (χ4v) is 3.61. The molecule has 2 heterocycles. The number of halogens is 2. The Kier molecular flexibility index (Phi) is 6.10. The van der Waals surface area contributed by atoms with Crippen LogP contribution in [0, 0.1) is 26.6 Å². The minimum absolute atomic E-state index is 0.263. The van der Waals surface area contributed by atoms with E-state index in [1.54, 1.807) is 41.1 Å². The summed E-state index contributed by atoms with van der Waals surface area (Å²) in [7, 11) is 0. The maximum Gasteiger partial charge on any atom is 0.256 e. The fourth-order valence-electron chi connectivity index (χ4n) is 3.47. The van der Waals surface area contributed by atoms with Crippen LogP contribution in [0.4, 0.5) is 10.2 Å². The van der Waals surface area contributed by atoms with Crippen LogP contribution in [0.25, 0.3) is 0 Å². The Morgan fingerprint density at radius 1 is 1.00 bits per heavy atom. The molecular weight excluding hydrogens is 429 g/mol. The van der Waals surface area contributed by atoms with Crippen LogP contribution in [0.5, 0.6) is 0 Å². The average molecular weight is 452 g/mol. The van der Waals surface area contributed by atoms with Crippen molar-refractivity contribution in [2.24, 2.45) is 0 Å². The van der Waals surface area contributed by atoms with Gasteiger partial charge >= 0.3 is 0 Å². The number of aromatic nitrogens is 4. The summed E-state index contributed by atoms with van der Waals surface area (Å²) in [6.45, 7) is 6.53. The van der Waals surface area contributed by atoms with Crippen molar-refractivity contribution in [3.05, 3.63) is 99.2 Å². The first-order chi connectivity index (χ1) is 15.3. The number of nitrogens with zero attached hydrogens (tertiary/aromatic N) is 4. The van der Waals surface area contributed by atoms with E-state index in [1.807, 2.05) is 37.6 Å². The predicted molar refractivity (Wildman–Crippen MR) is 123 cm³/mol. The van der Waals surface area contributed by atoms with E-state index in [1.165, 1.54) is 6.07 Å². The molecule has 0 aliphatic rings. The van der Waals surface area contributed by atoms with Gasteiger partial charge < -0.3 is 5.32 Å². The molecule has 0 radical (unpaired) electrons. The van der Waals surface area contributed by atoms with E-state index in [4.69, 9.17) is 11.6 Å². The lowest BCUT2D eigenvalue weighted by molar-refractivity contribution is 0.102. The molecule has 32 heavy (non-hydrogen) atoms. The van der Waals surface area contributed by atoms with E-state index >= 15 is 0 Å². The molecule has 4 aromatic rings. The van der Waals surface area contributed by atoms with Crippen molar-refractivity contribution in [1.29, 1.82) is 0 Å². The Bertz CT molecular complexity index is 1280. The SMILES string of the molecule is Cc1nn(Cc2ccc(C(=O)Nc3cc(C)n(Cc4ccccc4F)n3)cc2)c(C)c1Cl. The predicted octanol–water partition coefficient (Wildman–Crippen LogP) is 5.15.